The number of aromatic hydroxyl groups is 1. The summed E-state index contributed by atoms with van der Waals surface area (Å²) in [4.78, 5) is 13.5. The van der Waals surface area contributed by atoms with E-state index in [-0.39, 0.29) is 11.8 Å². The summed E-state index contributed by atoms with van der Waals surface area (Å²) < 4.78 is 5.22. The Morgan fingerprint density at radius 2 is 2.00 bits per heavy atom. The number of ether oxygens (including phenoxy) is 1. The molecule has 1 aliphatic rings. The van der Waals surface area contributed by atoms with Gasteiger partial charge in [-0.3, -0.25) is 0 Å². The van der Waals surface area contributed by atoms with Crippen LogP contribution in [0.4, 0.5) is 4.79 Å². The van der Waals surface area contributed by atoms with Crippen molar-refractivity contribution in [2.24, 2.45) is 0 Å². The van der Waals surface area contributed by atoms with Gasteiger partial charge in [0.15, 0.2) is 0 Å². The molecular weight excluding hydrogens is 218 g/mol. The van der Waals surface area contributed by atoms with Gasteiger partial charge in [0.1, 0.15) is 11.5 Å². The summed E-state index contributed by atoms with van der Waals surface area (Å²) in [5, 5.41) is 9.52. The summed E-state index contributed by atoms with van der Waals surface area (Å²) in [5.41, 5.74) is 0.766. The lowest BCUT2D eigenvalue weighted by Gasteiger charge is -2.25. The van der Waals surface area contributed by atoms with Gasteiger partial charge in [0.2, 0.25) is 0 Å². The van der Waals surface area contributed by atoms with Gasteiger partial charge < -0.3 is 14.7 Å². The van der Waals surface area contributed by atoms with Crippen molar-refractivity contribution >= 4 is 6.09 Å². The molecule has 92 valence electrons. The minimum atomic E-state index is -0.326. The van der Waals surface area contributed by atoms with Crippen molar-refractivity contribution in [3.05, 3.63) is 23.8 Å². The molecule has 1 N–H and O–H groups in total. The lowest BCUT2D eigenvalue weighted by molar-refractivity contribution is 0.142. The van der Waals surface area contributed by atoms with Gasteiger partial charge in [-0.15, -0.1) is 0 Å². The molecular formula is C13H17NO3. The van der Waals surface area contributed by atoms with Crippen LogP contribution >= 0.6 is 0 Å². The smallest absolute Gasteiger partial charge is 0.415 e. The Kier molecular flexibility index (Phi) is 3.52. The largest absolute Gasteiger partial charge is 0.508 e. The first-order valence-electron chi connectivity index (χ1n) is 5.93. The van der Waals surface area contributed by atoms with Crippen LogP contribution in [0.2, 0.25) is 0 Å². The third kappa shape index (κ3) is 2.90. The van der Waals surface area contributed by atoms with E-state index in [1.54, 1.807) is 24.0 Å². The summed E-state index contributed by atoms with van der Waals surface area (Å²) in [6.45, 7) is 3.32. The Bertz CT molecular complexity index is 411. The number of hydrogen-bond acceptors (Lipinski definition) is 3. The Balaban J connectivity index is 1.99. The first kappa shape index (κ1) is 11.8. The van der Waals surface area contributed by atoms with Crippen LogP contribution in [0.15, 0.2) is 18.2 Å². The van der Waals surface area contributed by atoms with E-state index in [1.807, 2.05) is 0 Å². The molecule has 1 saturated heterocycles. The lowest BCUT2D eigenvalue weighted by atomic mass is 10.1. The molecule has 1 aromatic carbocycles. The number of piperidine rings is 1. The topological polar surface area (TPSA) is 49.8 Å². The fourth-order valence-electron chi connectivity index (χ4n) is 1.89. The van der Waals surface area contributed by atoms with Crippen LogP contribution in [0.1, 0.15) is 24.8 Å². The maximum Gasteiger partial charge on any atom is 0.415 e. The van der Waals surface area contributed by atoms with E-state index in [1.165, 1.54) is 12.5 Å². The quantitative estimate of drug-likeness (QED) is 0.814. The van der Waals surface area contributed by atoms with Crippen LogP contribution in [-0.4, -0.2) is 29.2 Å². The second-order valence-electron chi connectivity index (χ2n) is 4.36. The predicted molar refractivity (Wildman–Crippen MR) is 64.3 cm³/mol. The van der Waals surface area contributed by atoms with Crippen molar-refractivity contribution in [1.29, 1.82) is 0 Å². The summed E-state index contributed by atoms with van der Waals surface area (Å²) >= 11 is 0. The molecule has 0 aromatic heterocycles. The zero-order valence-electron chi connectivity index (χ0n) is 9.98. The highest BCUT2D eigenvalue weighted by Crippen LogP contribution is 2.23. The molecule has 1 heterocycles. The van der Waals surface area contributed by atoms with Crippen molar-refractivity contribution < 1.29 is 14.6 Å². The summed E-state index contributed by atoms with van der Waals surface area (Å²) in [5.74, 6) is 0.539. The number of carbonyl (C=O) groups is 1. The van der Waals surface area contributed by atoms with Crippen LogP contribution in [0.25, 0.3) is 0 Å². The molecule has 0 spiro atoms. The molecule has 0 aliphatic carbocycles. The van der Waals surface area contributed by atoms with Crippen LogP contribution in [-0.2, 0) is 0 Å². The second kappa shape index (κ2) is 5.08. The number of phenolic OH excluding ortho intramolecular Hbond substituents is 1. The van der Waals surface area contributed by atoms with Gasteiger partial charge in [-0.2, -0.15) is 0 Å². The minimum Gasteiger partial charge on any atom is -0.508 e. The number of benzene rings is 1. The Morgan fingerprint density at radius 1 is 1.29 bits per heavy atom. The van der Waals surface area contributed by atoms with Gasteiger partial charge >= 0.3 is 6.09 Å². The fraction of sp³-hybridized carbons (Fsp3) is 0.462. The van der Waals surface area contributed by atoms with Crippen molar-refractivity contribution in [3.8, 4) is 11.5 Å². The van der Waals surface area contributed by atoms with Gasteiger partial charge in [-0.25, -0.2) is 4.79 Å². The third-order valence-electron chi connectivity index (χ3n) is 3.00. The fourth-order valence-corrected chi connectivity index (χ4v) is 1.89. The molecule has 1 amide bonds. The molecule has 0 saturated carbocycles. The zero-order chi connectivity index (χ0) is 12.3. The van der Waals surface area contributed by atoms with Gasteiger partial charge in [-0.05, 0) is 37.8 Å². The van der Waals surface area contributed by atoms with E-state index in [4.69, 9.17) is 4.74 Å². The molecule has 2 rings (SSSR count). The average molecular weight is 235 g/mol. The lowest BCUT2D eigenvalue weighted by Crippen LogP contribution is -2.37. The van der Waals surface area contributed by atoms with E-state index in [0.717, 1.165) is 31.5 Å². The Hall–Kier alpha value is -1.71. The third-order valence-corrected chi connectivity index (χ3v) is 3.00. The molecule has 0 radical (unpaired) electrons. The highest BCUT2D eigenvalue weighted by molar-refractivity contribution is 5.71. The van der Waals surface area contributed by atoms with E-state index in [2.05, 4.69) is 0 Å². The number of aryl methyl sites for hydroxylation is 1. The molecule has 4 heteroatoms. The van der Waals surface area contributed by atoms with Gasteiger partial charge in [0, 0.05) is 19.2 Å². The number of hydrogen-bond donors (Lipinski definition) is 1. The first-order chi connectivity index (χ1) is 8.16. The first-order valence-corrected chi connectivity index (χ1v) is 5.93. The number of amides is 1. The van der Waals surface area contributed by atoms with Crippen LogP contribution in [0, 0.1) is 6.92 Å². The number of phenols is 1. The standard InChI is InChI=1S/C13H17NO3/c1-10-5-6-11(9-12(10)15)17-13(16)14-7-3-2-4-8-14/h5-6,9,15H,2-4,7-8H2,1H3. The second-order valence-corrected chi connectivity index (χ2v) is 4.36. The molecule has 1 aliphatic heterocycles. The number of nitrogens with zero attached hydrogens (tertiary/aromatic N) is 1. The Labute approximate surface area is 101 Å². The summed E-state index contributed by atoms with van der Waals surface area (Å²) in [6.07, 6.45) is 2.92. The van der Waals surface area contributed by atoms with Crippen molar-refractivity contribution in [1.82, 2.24) is 4.90 Å². The highest BCUT2D eigenvalue weighted by Gasteiger charge is 2.18. The van der Waals surface area contributed by atoms with Gasteiger partial charge in [-0.1, -0.05) is 6.07 Å². The number of rotatable bonds is 1. The van der Waals surface area contributed by atoms with Gasteiger partial charge in [0.25, 0.3) is 0 Å². The molecule has 1 fully saturated rings. The highest BCUT2D eigenvalue weighted by atomic mass is 16.6. The molecule has 17 heavy (non-hydrogen) atoms. The molecule has 4 nitrogen and oxygen atoms in total. The maximum atomic E-state index is 11.8. The number of likely N-dealkylation sites (tertiary alicyclic amines) is 1. The predicted octanol–water partition coefficient (Wildman–Crippen LogP) is 2.69. The van der Waals surface area contributed by atoms with Crippen molar-refractivity contribution in [2.75, 3.05) is 13.1 Å². The monoisotopic (exact) mass is 235 g/mol. The summed E-state index contributed by atoms with van der Waals surface area (Å²) in [7, 11) is 0. The summed E-state index contributed by atoms with van der Waals surface area (Å²) in [6, 6.07) is 4.89. The van der Waals surface area contributed by atoms with E-state index < -0.39 is 0 Å². The molecule has 0 atom stereocenters. The van der Waals surface area contributed by atoms with Crippen LogP contribution in [0.3, 0.4) is 0 Å². The van der Waals surface area contributed by atoms with E-state index >= 15 is 0 Å². The molecule has 0 bridgehead atoms. The Morgan fingerprint density at radius 3 is 2.65 bits per heavy atom. The van der Waals surface area contributed by atoms with E-state index in [9.17, 15) is 9.90 Å². The zero-order valence-corrected chi connectivity index (χ0v) is 9.98. The minimum absolute atomic E-state index is 0.147. The van der Waals surface area contributed by atoms with Crippen LogP contribution in [0.5, 0.6) is 11.5 Å². The van der Waals surface area contributed by atoms with Crippen molar-refractivity contribution in [2.45, 2.75) is 26.2 Å². The van der Waals surface area contributed by atoms with Gasteiger partial charge in [0.05, 0.1) is 0 Å². The van der Waals surface area contributed by atoms with E-state index in [0.29, 0.717) is 5.75 Å². The average Bonchev–Trinajstić information content (AvgIpc) is 2.35. The molecule has 1 aromatic rings. The van der Waals surface area contributed by atoms with Crippen LogP contribution < -0.4 is 4.74 Å². The normalized spacial score (nSPS) is 15.7. The van der Waals surface area contributed by atoms with Crippen molar-refractivity contribution in [3.63, 3.8) is 0 Å². The maximum absolute atomic E-state index is 11.8. The molecule has 0 unspecified atom stereocenters. The SMILES string of the molecule is Cc1ccc(OC(=O)N2CCCCC2)cc1O. The number of carbonyl (C=O) groups excluding carboxylic acids is 1.